The van der Waals surface area contributed by atoms with Crippen molar-refractivity contribution in [3.8, 4) is 5.69 Å². The molecule has 0 unspecified atom stereocenters. The number of carbonyl (C=O) groups excluding carboxylic acids is 1. The van der Waals surface area contributed by atoms with E-state index in [-0.39, 0.29) is 18.1 Å². The Bertz CT molecular complexity index is 1010. The van der Waals surface area contributed by atoms with Crippen LogP contribution in [0.3, 0.4) is 0 Å². The highest BCUT2D eigenvalue weighted by Gasteiger charge is 2.16. The molecule has 3 aromatic rings. The smallest absolute Gasteiger partial charge is 0.269 e. The second-order valence-electron chi connectivity index (χ2n) is 6.92. The number of non-ortho nitro benzene ring substituents is 1. The minimum atomic E-state index is -0.473. The molecule has 0 saturated heterocycles. The molecule has 0 bridgehead atoms. The lowest BCUT2D eigenvalue weighted by Crippen LogP contribution is -2.30. The van der Waals surface area contributed by atoms with E-state index in [0.717, 1.165) is 22.6 Å². The quantitative estimate of drug-likeness (QED) is 0.490. The van der Waals surface area contributed by atoms with Crippen molar-refractivity contribution >= 4 is 17.3 Å². The predicted molar refractivity (Wildman–Crippen MR) is 111 cm³/mol. The maximum absolute atomic E-state index is 12.3. The molecule has 0 spiro atoms. The van der Waals surface area contributed by atoms with E-state index < -0.39 is 4.92 Å². The van der Waals surface area contributed by atoms with Gasteiger partial charge in [-0.3, -0.25) is 19.8 Å². The van der Waals surface area contributed by atoms with Gasteiger partial charge in [0, 0.05) is 35.6 Å². The molecule has 0 saturated carbocycles. The van der Waals surface area contributed by atoms with Crippen LogP contribution in [0.2, 0.25) is 0 Å². The van der Waals surface area contributed by atoms with Gasteiger partial charge in [0.25, 0.3) is 5.69 Å². The first-order valence-electron chi connectivity index (χ1n) is 9.18. The Kier molecular flexibility index (Phi) is 6.04. The highest BCUT2D eigenvalue weighted by atomic mass is 16.6. The highest BCUT2D eigenvalue weighted by Crippen LogP contribution is 2.19. The van der Waals surface area contributed by atoms with Crippen molar-refractivity contribution < 1.29 is 9.72 Å². The fraction of sp³-hybridized carbons (Fsp3) is 0.238. The summed E-state index contributed by atoms with van der Waals surface area (Å²) in [5, 5.41) is 18.1. The van der Waals surface area contributed by atoms with E-state index in [1.807, 2.05) is 60.8 Å². The number of aryl methyl sites for hydroxylation is 1. The molecule has 150 valence electrons. The molecule has 0 aliphatic carbocycles. The molecule has 1 heterocycles. The molecule has 2 aromatic carbocycles. The average Bonchev–Trinajstić information content (AvgIpc) is 2.97. The van der Waals surface area contributed by atoms with Gasteiger partial charge in [0.05, 0.1) is 22.8 Å². The first kappa shape index (κ1) is 20.2. The van der Waals surface area contributed by atoms with Crippen molar-refractivity contribution in [3.63, 3.8) is 0 Å². The normalized spacial score (nSPS) is 10.9. The molecule has 1 aromatic heterocycles. The van der Waals surface area contributed by atoms with Gasteiger partial charge in [-0.25, -0.2) is 4.68 Å². The number of carbonyl (C=O) groups is 1. The Labute approximate surface area is 168 Å². The highest BCUT2D eigenvalue weighted by molar-refractivity contribution is 5.92. The fourth-order valence-corrected chi connectivity index (χ4v) is 3.16. The molecule has 1 amide bonds. The topological polar surface area (TPSA) is 93.3 Å². The van der Waals surface area contributed by atoms with Crippen LogP contribution < -0.4 is 5.32 Å². The number of nitrogens with one attached hydrogen (secondary N) is 1. The number of aromatic nitrogens is 2. The van der Waals surface area contributed by atoms with Crippen LogP contribution >= 0.6 is 0 Å². The van der Waals surface area contributed by atoms with Crippen molar-refractivity contribution in [2.75, 3.05) is 18.9 Å². The van der Waals surface area contributed by atoms with Gasteiger partial charge in [-0.15, -0.1) is 0 Å². The van der Waals surface area contributed by atoms with Crippen molar-refractivity contribution in [2.45, 2.75) is 20.4 Å². The number of amides is 1. The summed E-state index contributed by atoms with van der Waals surface area (Å²) in [4.78, 5) is 24.5. The van der Waals surface area contributed by atoms with Crippen molar-refractivity contribution in [3.05, 3.63) is 81.7 Å². The van der Waals surface area contributed by atoms with Gasteiger partial charge in [0.15, 0.2) is 0 Å². The Morgan fingerprint density at radius 2 is 1.79 bits per heavy atom. The molecule has 3 rings (SSSR count). The molecule has 29 heavy (non-hydrogen) atoms. The largest absolute Gasteiger partial charge is 0.325 e. The summed E-state index contributed by atoms with van der Waals surface area (Å²) in [5.41, 5.74) is 4.56. The van der Waals surface area contributed by atoms with Gasteiger partial charge in [0.1, 0.15) is 0 Å². The van der Waals surface area contributed by atoms with E-state index in [0.29, 0.717) is 12.2 Å². The van der Waals surface area contributed by atoms with Crippen LogP contribution in [-0.4, -0.2) is 39.1 Å². The number of benzene rings is 2. The van der Waals surface area contributed by atoms with Gasteiger partial charge in [0.2, 0.25) is 5.91 Å². The van der Waals surface area contributed by atoms with Crippen LogP contribution in [-0.2, 0) is 11.3 Å². The summed E-state index contributed by atoms with van der Waals surface area (Å²) in [6.45, 7) is 4.75. The lowest BCUT2D eigenvalue weighted by molar-refractivity contribution is -0.384. The van der Waals surface area contributed by atoms with Gasteiger partial charge in [-0.1, -0.05) is 18.2 Å². The van der Waals surface area contributed by atoms with Gasteiger partial charge < -0.3 is 5.32 Å². The third-order valence-corrected chi connectivity index (χ3v) is 4.65. The number of nitrogens with zero attached hydrogens (tertiary/aromatic N) is 4. The standard InChI is InChI=1S/C21H23N5O3/c1-15-20(16(2)25(23-15)18-7-5-4-6-8-18)13-24(3)14-21(27)22-17-9-11-19(12-10-17)26(28)29/h4-12H,13-14H2,1-3H3,(H,22,27). The van der Waals surface area contributed by atoms with E-state index in [1.165, 1.54) is 24.3 Å². The molecule has 1 N–H and O–H groups in total. The van der Waals surface area contributed by atoms with E-state index >= 15 is 0 Å². The third kappa shape index (κ3) is 4.85. The minimum absolute atomic E-state index is 0.0125. The summed E-state index contributed by atoms with van der Waals surface area (Å²) in [7, 11) is 1.87. The Hall–Kier alpha value is -3.52. The molecule has 8 nitrogen and oxygen atoms in total. The number of likely N-dealkylation sites (N-methyl/N-ethyl adjacent to an activating group) is 1. The zero-order valence-electron chi connectivity index (χ0n) is 16.6. The maximum atomic E-state index is 12.3. The van der Waals surface area contributed by atoms with Crippen molar-refractivity contribution in [1.82, 2.24) is 14.7 Å². The van der Waals surface area contributed by atoms with Gasteiger partial charge >= 0.3 is 0 Å². The molecule has 8 heteroatoms. The SMILES string of the molecule is Cc1nn(-c2ccccc2)c(C)c1CN(C)CC(=O)Nc1ccc([N+](=O)[O-])cc1. The van der Waals surface area contributed by atoms with E-state index in [1.54, 1.807) is 0 Å². The van der Waals surface area contributed by atoms with Crippen LogP contribution in [0.15, 0.2) is 54.6 Å². The number of rotatable bonds is 7. The average molecular weight is 393 g/mol. The van der Waals surface area contributed by atoms with E-state index in [2.05, 4.69) is 10.4 Å². The number of nitro benzene ring substituents is 1. The zero-order chi connectivity index (χ0) is 21.0. The summed E-state index contributed by atoms with van der Waals surface area (Å²) in [6, 6.07) is 15.7. The van der Waals surface area contributed by atoms with Crippen LogP contribution in [0, 0.1) is 24.0 Å². The minimum Gasteiger partial charge on any atom is -0.325 e. The Morgan fingerprint density at radius 3 is 2.41 bits per heavy atom. The van der Waals surface area contributed by atoms with Crippen LogP contribution in [0.4, 0.5) is 11.4 Å². The van der Waals surface area contributed by atoms with E-state index in [4.69, 9.17) is 0 Å². The van der Waals surface area contributed by atoms with Gasteiger partial charge in [-0.2, -0.15) is 5.10 Å². The Balaban J connectivity index is 1.63. The first-order chi connectivity index (χ1) is 13.8. The molecular weight excluding hydrogens is 370 g/mol. The van der Waals surface area contributed by atoms with Crippen molar-refractivity contribution in [2.24, 2.45) is 0 Å². The summed E-state index contributed by atoms with van der Waals surface area (Å²) >= 11 is 0. The number of para-hydroxylation sites is 1. The van der Waals surface area contributed by atoms with Crippen LogP contribution in [0.5, 0.6) is 0 Å². The van der Waals surface area contributed by atoms with Gasteiger partial charge in [-0.05, 0) is 45.2 Å². The molecule has 0 fully saturated rings. The molecular formula is C21H23N5O3. The zero-order valence-corrected chi connectivity index (χ0v) is 16.6. The molecule has 0 atom stereocenters. The number of hydrogen-bond donors (Lipinski definition) is 1. The summed E-state index contributed by atoms with van der Waals surface area (Å²) < 4.78 is 1.91. The molecule has 0 aliphatic rings. The molecule has 0 radical (unpaired) electrons. The van der Waals surface area contributed by atoms with Crippen molar-refractivity contribution in [1.29, 1.82) is 0 Å². The molecule has 0 aliphatic heterocycles. The van der Waals surface area contributed by atoms with Crippen LogP contribution in [0.1, 0.15) is 17.0 Å². The lowest BCUT2D eigenvalue weighted by atomic mass is 10.2. The summed E-state index contributed by atoms with van der Waals surface area (Å²) in [5.74, 6) is -0.188. The second kappa shape index (κ2) is 8.66. The first-order valence-corrected chi connectivity index (χ1v) is 9.18. The number of hydrogen-bond acceptors (Lipinski definition) is 5. The fourth-order valence-electron chi connectivity index (χ4n) is 3.16. The lowest BCUT2D eigenvalue weighted by Gasteiger charge is -2.17. The van der Waals surface area contributed by atoms with Crippen LogP contribution in [0.25, 0.3) is 5.69 Å². The maximum Gasteiger partial charge on any atom is 0.269 e. The number of nitro groups is 1. The third-order valence-electron chi connectivity index (χ3n) is 4.65. The van der Waals surface area contributed by atoms with E-state index in [9.17, 15) is 14.9 Å². The second-order valence-corrected chi connectivity index (χ2v) is 6.92. The number of anilines is 1. The predicted octanol–water partition coefficient (Wildman–Crippen LogP) is 3.47. The summed E-state index contributed by atoms with van der Waals surface area (Å²) in [6.07, 6.45) is 0. The Morgan fingerprint density at radius 1 is 1.14 bits per heavy atom. The monoisotopic (exact) mass is 393 g/mol.